The van der Waals surface area contributed by atoms with E-state index in [0.717, 1.165) is 5.56 Å². The number of aromatic amines is 1. The second kappa shape index (κ2) is 5.75. The minimum Gasteiger partial charge on any atom is -0.352 e. The summed E-state index contributed by atoms with van der Waals surface area (Å²) in [6, 6.07) is 7.68. The van der Waals surface area contributed by atoms with Crippen molar-refractivity contribution in [3.63, 3.8) is 0 Å². The lowest BCUT2D eigenvalue weighted by atomic mass is 10.1. The maximum Gasteiger partial charge on any atom is 0.267 e. The summed E-state index contributed by atoms with van der Waals surface area (Å²) in [6.45, 7) is 2.03. The Morgan fingerprint density at radius 2 is 2.21 bits per heavy atom. The maximum atomic E-state index is 11.6. The lowest BCUT2D eigenvalue weighted by Gasteiger charge is -2.26. The van der Waals surface area contributed by atoms with Crippen molar-refractivity contribution in [2.45, 2.75) is 13.0 Å². The zero-order chi connectivity index (χ0) is 14.0. The summed E-state index contributed by atoms with van der Waals surface area (Å²) < 4.78 is 0.423. The Hall–Kier alpha value is -1.33. The molecule has 0 amide bonds. The number of nitrogens with zero attached hydrogens (tertiary/aromatic N) is 2. The first-order valence-corrected chi connectivity index (χ1v) is 6.89. The Bertz CT molecular complexity index is 644. The highest BCUT2D eigenvalue weighted by Crippen LogP contribution is 2.28. The molecule has 0 bridgehead atoms. The first-order chi connectivity index (χ1) is 9.00. The Morgan fingerprint density at radius 3 is 2.89 bits per heavy atom. The van der Waals surface area contributed by atoms with Crippen LogP contribution in [0.2, 0.25) is 5.02 Å². The van der Waals surface area contributed by atoms with E-state index in [4.69, 9.17) is 11.6 Å². The molecule has 1 atom stereocenters. The van der Waals surface area contributed by atoms with Crippen LogP contribution in [0.25, 0.3) is 0 Å². The normalized spacial score (nSPS) is 12.2. The fraction of sp³-hybridized carbons (Fsp3) is 0.231. The molecule has 1 unspecified atom stereocenters. The van der Waals surface area contributed by atoms with Crippen LogP contribution in [-0.4, -0.2) is 17.0 Å². The summed E-state index contributed by atoms with van der Waals surface area (Å²) in [7, 11) is 1.89. The number of benzene rings is 1. The molecule has 0 aliphatic rings. The van der Waals surface area contributed by atoms with Crippen molar-refractivity contribution in [3.8, 4) is 0 Å². The largest absolute Gasteiger partial charge is 0.352 e. The third-order valence-corrected chi connectivity index (χ3v) is 3.97. The predicted molar refractivity (Wildman–Crippen MR) is 80.8 cm³/mol. The first-order valence-electron chi connectivity index (χ1n) is 5.72. The van der Waals surface area contributed by atoms with Gasteiger partial charge in [-0.1, -0.05) is 23.7 Å². The number of hydrogen-bond acceptors (Lipinski definition) is 3. The van der Waals surface area contributed by atoms with Crippen molar-refractivity contribution in [1.82, 2.24) is 9.97 Å². The van der Waals surface area contributed by atoms with Gasteiger partial charge in [0, 0.05) is 12.1 Å². The van der Waals surface area contributed by atoms with E-state index in [1.165, 1.54) is 6.33 Å². The quantitative estimate of drug-likeness (QED) is 0.930. The molecule has 0 saturated heterocycles. The SMILES string of the molecule is CC(c1cccc(Cl)c1)N(C)c1nc[nH]c(=O)c1Br. The molecular weight excluding hydrogens is 330 g/mol. The Labute approximate surface area is 124 Å². The Kier molecular flexibility index (Phi) is 4.27. The highest BCUT2D eigenvalue weighted by molar-refractivity contribution is 9.10. The van der Waals surface area contributed by atoms with Gasteiger partial charge in [-0.2, -0.15) is 0 Å². The number of hydrogen-bond donors (Lipinski definition) is 1. The summed E-state index contributed by atoms with van der Waals surface area (Å²) in [5.74, 6) is 0.594. The van der Waals surface area contributed by atoms with E-state index in [-0.39, 0.29) is 11.6 Å². The van der Waals surface area contributed by atoms with Crippen molar-refractivity contribution in [2.24, 2.45) is 0 Å². The summed E-state index contributed by atoms with van der Waals surface area (Å²) in [5.41, 5.74) is 0.860. The molecule has 100 valence electrons. The number of rotatable bonds is 3. The molecule has 1 aromatic carbocycles. The molecule has 0 fully saturated rings. The zero-order valence-electron chi connectivity index (χ0n) is 10.5. The minimum atomic E-state index is -0.199. The van der Waals surface area contributed by atoms with E-state index < -0.39 is 0 Å². The monoisotopic (exact) mass is 341 g/mol. The fourth-order valence-electron chi connectivity index (χ4n) is 1.79. The summed E-state index contributed by atoms with van der Waals surface area (Å²) in [6.07, 6.45) is 1.39. The average Bonchev–Trinajstić information content (AvgIpc) is 2.40. The number of anilines is 1. The molecule has 4 nitrogen and oxygen atoms in total. The molecule has 1 aromatic heterocycles. The standard InChI is InChI=1S/C13H13BrClN3O/c1-8(9-4-3-5-10(15)6-9)18(2)12-11(14)13(19)17-7-16-12/h3-8H,1-2H3,(H,16,17,19). The van der Waals surface area contributed by atoms with Gasteiger partial charge in [0.1, 0.15) is 4.47 Å². The molecule has 1 N–H and O–H groups in total. The Morgan fingerprint density at radius 1 is 1.47 bits per heavy atom. The van der Waals surface area contributed by atoms with Gasteiger partial charge >= 0.3 is 0 Å². The first kappa shape index (κ1) is 14.1. The summed E-state index contributed by atoms with van der Waals surface area (Å²) in [5, 5.41) is 0.690. The third-order valence-electron chi connectivity index (χ3n) is 3.02. The molecule has 19 heavy (non-hydrogen) atoms. The number of H-pyrrole nitrogens is 1. The van der Waals surface area contributed by atoms with Gasteiger partial charge in [-0.25, -0.2) is 4.98 Å². The molecule has 6 heteroatoms. The Balaban J connectivity index is 2.36. The minimum absolute atomic E-state index is 0.0456. The van der Waals surface area contributed by atoms with Crippen LogP contribution in [0.3, 0.4) is 0 Å². The van der Waals surface area contributed by atoms with Gasteiger partial charge in [0.15, 0.2) is 5.82 Å². The molecule has 0 radical (unpaired) electrons. The van der Waals surface area contributed by atoms with Gasteiger partial charge in [-0.15, -0.1) is 0 Å². The summed E-state index contributed by atoms with van der Waals surface area (Å²) >= 11 is 9.26. The van der Waals surface area contributed by atoms with E-state index in [9.17, 15) is 4.79 Å². The lowest BCUT2D eigenvalue weighted by molar-refractivity contribution is 0.723. The molecule has 0 aliphatic carbocycles. The van der Waals surface area contributed by atoms with Crippen LogP contribution in [0.4, 0.5) is 5.82 Å². The molecule has 0 saturated carbocycles. The van der Waals surface area contributed by atoms with Gasteiger partial charge in [0.25, 0.3) is 5.56 Å². The van der Waals surface area contributed by atoms with E-state index in [2.05, 4.69) is 25.9 Å². The molecule has 1 heterocycles. The van der Waals surface area contributed by atoms with Crippen LogP contribution in [0, 0.1) is 0 Å². The van der Waals surface area contributed by atoms with Gasteiger partial charge in [-0.05, 0) is 40.5 Å². The van der Waals surface area contributed by atoms with E-state index >= 15 is 0 Å². The van der Waals surface area contributed by atoms with Crippen molar-refractivity contribution >= 4 is 33.3 Å². The smallest absolute Gasteiger partial charge is 0.267 e. The molecule has 2 rings (SSSR count). The molecule has 0 spiro atoms. The van der Waals surface area contributed by atoms with E-state index in [1.54, 1.807) is 0 Å². The molecule has 0 aliphatic heterocycles. The summed E-state index contributed by atoms with van der Waals surface area (Å²) in [4.78, 5) is 20.2. The van der Waals surface area contributed by atoms with Crippen LogP contribution >= 0.6 is 27.5 Å². The molecular formula is C13H13BrClN3O. The van der Waals surface area contributed by atoms with Crippen molar-refractivity contribution < 1.29 is 0 Å². The zero-order valence-corrected chi connectivity index (χ0v) is 12.9. The molecule has 2 aromatic rings. The van der Waals surface area contributed by atoms with Crippen LogP contribution < -0.4 is 10.5 Å². The average molecular weight is 343 g/mol. The van der Waals surface area contributed by atoms with Crippen LogP contribution in [0.1, 0.15) is 18.5 Å². The van der Waals surface area contributed by atoms with Gasteiger partial charge in [0.2, 0.25) is 0 Å². The van der Waals surface area contributed by atoms with Crippen molar-refractivity contribution in [2.75, 3.05) is 11.9 Å². The fourth-order valence-corrected chi connectivity index (χ4v) is 2.49. The highest BCUT2D eigenvalue weighted by atomic mass is 79.9. The van der Waals surface area contributed by atoms with Gasteiger partial charge in [-0.3, -0.25) is 4.79 Å². The number of halogens is 2. The van der Waals surface area contributed by atoms with E-state index in [0.29, 0.717) is 15.3 Å². The van der Waals surface area contributed by atoms with E-state index in [1.807, 2.05) is 43.1 Å². The van der Waals surface area contributed by atoms with Crippen molar-refractivity contribution in [1.29, 1.82) is 0 Å². The topological polar surface area (TPSA) is 49.0 Å². The number of aromatic nitrogens is 2. The lowest BCUT2D eigenvalue weighted by Crippen LogP contribution is -2.25. The van der Waals surface area contributed by atoms with Gasteiger partial charge in [0.05, 0.1) is 12.4 Å². The number of nitrogens with one attached hydrogen (secondary N) is 1. The van der Waals surface area contributed by atoms with Crippen LogP contribution in [0.15, 0.2) is 39.9 Å². The van der Waals surface area contributed by atoms with Crippen LogP contribution in [-0.2, 0) is 0 Å². The maximum absolute atomic E-state index is 11.6. The highest BCUT2D eigenvalue weighted by Gasteiger charge is 2.17. The predicted octanol–water partition coefficient (Wildman–Crippen LogP) is 3.38. The van der Waals surface area contributed by atoms with Crippen molar-refractivity contribution in [3.05, 3.63) is 56.0 Å². The van der Waals surface area contributed by atoms with Crippen LogP contribution in [0.5, 0.6) is 0 Å². The second-order valence-corrected chi connectivity index (χ2v) is 5.44. The second-order valence-electron chi connectivity index (χ2n) is 4.21. The van der Waals surface area contributed by atoms with Gasteiger partial charge < -0.3 is 9.88 Å². The third kappa shape index (κ3) is 2.98.